The normalized spacial score (nSPS) is 11.6. The van der Waals surface area contributed by atoms with Crippen molar-refractivity contribution in [2.75, 3.05) is 0 Å². The third-order valence-corrected chi connectivity index (χ3v) is 10.6. The molecule has 11 rings (SSSR count). The van der Waals surface area contributed by atoms with E-state index in [1.807, 2.05) is 42.5 Å². The molecule has 5 nitrogen and oxygen atoms in total. The number of fused-ring (bicyclic) bond motifs is 6. The van der Waals surface area contributed by atoms with E-state index in [-0.39, 0.29) is 0 Å². The first kappa shape index (κ1) is 31.9. The van der Waals surface area contributed by atoms with Gasteiger partial charge in [-0.1, -0.05) is 158 Å². The van der Waals surface area contributed by atoms with Gasteiger partial charge in [0.25, 0.3) is 0 Å². The van der Waals surface area contributed by atoms with Crippen molar-refractivity contribution in [3.05, 3.63) is 194 Å². The fourth-order valence-corrected chi connectivity index (χ4v) is 7.95. The number of pyridine rings is 1. The zero-order valence-corrected chi connectivity index (χ0v) is 30.2. The van der Waals surface area contributed by atoms with E-state index in [9.17, 15) is 0 Å². The molecule has 0 spiro atoms. The quantitative estimate of drug-likeness (QED) is 0.172. The molecule has 0 bridgehead atoms. The minimum absolute atomic E-state index is 0.660. The van der Waals surface area contributed by atoms with Gasteiger partial charge in [0.15, 0.2) is 5.82 Å². The molecular weight excluding hydrogens is 685 g/mol. The van der Waals surface area contributed by atoms with E-state index in [4.69, 9.17) is 19.5 Å². The Bertz CT molecular complexity index is 3240. The van der Waals surface area contributed by atoms with Crippen LogP contribution in [0.4, 0.5) is 0 Å². The number of furan rings is 1. The molecule has 0 aliphatic rings. The van der Waals surface area contributed by atoms with Crippen LogP contribution < -0.4 is 0 Å². The third-order valence-electron chi connectivity index (χ3n) is 10.6. The van der Waals surface area contributed by atoms with Crippen LogP contribution in [0.5, 0.6) is 0 Å². The van der Waals surface area contributed by atoms with Crippen LogP contribution in [0.15, 0.2) is 199 Å². The van der Waals surface area contributed by atoms with Crippen LogP contribution in [0, 0.1) is 0 Å². The van der Waals surface area contributed by atoms with Crippen LogP contribution in [0.3, 0.4) is 0 Å². The predicted octanol–water partition coefficient (Wildman–Crippen LogP) is 13.2. The van der Waals surface area contributed by atoms with E-state index in [2.05, 4.69) is 156 Å². The van der Waals surface area contributed by atoms with Crippen LogP contribution >= 0.6 is 0 Å². The van der Waals surface area contributed by atoms with Crippen LogP contribution in [0.1, 0.15) is 0 Å². The van der Waals surface area contributed by atoms with E-state index >= 15 is 0 Å². The average molecular weight is 717 g/mol. The molecule has 11 aromatic rings. The monoisotopic (exact) mass is 716 g/mol. The second-order valence-corrected chi connectivity index (χ2v) is 14.1. The van der Waals surface area contributed by atoms with Gasteiger partial charge in [-0.25, -0.2) is 14.5 Å². The summed E-state index contributed by atoms with van der Waals surface area (Å²) < 4.78 is 8.43. The number of hydrogen-bond acceptors (Lipinski definition) is 4. The number of para-hydroxylation sites is 1. The molecule has 0 atom stereocenters. The maximum Gasteiger partial charge on any atom is 0.160 e. The molecule has 0 saturated carbocycles. The van der Waals surface area contributed by atoms with E-state index in [0.717, 1.165) is 99.9 Å². The summed E-state index contributed by atoms with van der Waals surface area (Å²) in [4.78, 5) is 10.3. The molecule has 0 fully saturated rings. The topological polar surface area (TPSA) is 56.2 Å². The van der Waals surface area contributed by atoms with E-state index in [0.29, 0.717) is 5.82 Å². The third kappa shape index (κ3) is 5.37. The lowest BCUT2D eigenvalue weighted by Gasteiger charge is -2.12. The highest BCUT2D eigenvalue weighted by Gasteiger charge is 2.22. The van der Waals surface area contributed by atoms with Crippen molar-refractivity contribution in [1.82, 2.24) is 19.6 Å². The number of aromatic nitrogens is 4. The summed E-state index contributed by atoms with van der Waals surface area (Å²) in [6.45, 7) is 0. The highest BCUT2D eigenvalue weighted by molar-refractivity contribution is 6.09. The smallest absolute Gasteiger partial charge is 0.160 e. The Morgan fingerprint density at radius 3 is 1.75 bits per heavy atom. The Balaban J connectivity index is 1.14. The molecule has 262 valence electrons. The van der Waals surface area contributed by atoms with E-state index in [1.54, 1.807) is 0 Å². The predicted molar refractivity (Wildman–Crippen MR) is 228 cm³/mol. The van der Waals surface area contributed by atoms with Crippen molar-refractivity contribution < 1.29 is 4.42 Å². The number of nitrogens with zero attached hydrogens (tertiary/aromatic N) is 4. The van der Waals surface area contributed by atoms with Gasteiger partial charge in [-0.05, 0) is 47.3 Å². The molecule has 4 aromatic heterocycles. The highest BCUT2D eigenvalue weighted by Crippen LogP contribution is 2.42. The Hall–Kier alpha value is -7.63. The van der Waals surface area contributed by atoms with Crippen LogP contribution in [0.2, 0.25) is 0 Å². The Morgan fingerprint density at radius 1 is 0.393 bits per heavy atom. The van der Waals surface area contributed by atoms with Crippen LogP contribution in [-0.2, 0) is 0 Å². The zero-order chi connectivity index (χ0) is 37.0. The molecule has 0 N–H and O–H groups in total. The maximum atomic E-state index is 6.30. The van der Waals surface area contributed by atoms with Crippen molar-refractivity contribution in [3.63, 3.8) is 0 Å². The average Bonchev–Trinajstić information content (AvgIpc) is 3.86. The second kappa shape index (κ2) is 13.0. The summed E-state index contributed by atoms with van der Waals surface area (Å²) in [5.74, 6) is 0.660. The van der Waals surface area contributed by atoms with Gasteiger partial charge >= 0.3 is 0 Å². The maximum absolute atomic E-state index is 6.30. The van der Waals surface area contributed by atoms with Crippen molar-refractivity contribution in [1.29, 1.82) is 0 Å². The summed E-state index contributed by atoms with van der Waals surface area (Å²) in [5.41, 5.74) is 13.5. The zero-order valence-electron chi connectivity index (χ0n) is 30.2. The minimum atomic E-state index is 0.660. The molecule has 0 aliphatic carbocycles. The first-order valence-corrected chi connectivity index (χ1v) is 18.8. The summed E-state index contributed by atoms with van der Waals surface area (Å²) in [7, 11) is 0. The first-order valence-electron chi connectivity index (χ1n) is 18.8. The van der Waals surface area contributed by atoms with Crippen molar-refractivity contribution >= 4 is 38.2 Å². The summed E-state index contributed by atoms with van der Waals surface area (Å²) in [5, 5.41) is 9.90. The van der Waals surface area contributed by atoms with Gasteiger partial charge in [-0.2, -0.15) is 5.10 Å². The van der Waals surface area contributed by atoms with Gasteiger partial charge in [-0.3, -0.25) is 0 Å². The van der Waals surface area contributed by atoms with Gasteiger partial charge in [-0.15, -0.1) is 0 Å². The molecular formula is C51H32N4O. The summed E-state index contributed by atoms with van der Waals surface area (Å²) in [6.07, 6.45) is 0. The number of benzene rings is 7. The summed E-state index contributed by atoms with van der Waals surface area (Å²) in [6, 6.07) is 67.3. The van der Waals surface area contributed by atoms with E-state index < -0.39 is 0 Å². The van der Waals surface area contributed by atoms with Crippen molar-refractivity contribution in [2.45, 2.75) is 0 Å². The Morgan fingerprint density at radius 2 is 0.982 bits per heavy atom. The Labute approximate surface area is 322 Å². The molecule has 4 heterocycles. The molecule has 0 amide bonds. The van der Waals surface area contributed by atoms with E-state index in [1.165, 1.54) is 0 Å². The van der Waals surface area contributed by atoms with Gasteiger partial charge in [0.2, 0.25) is 0 Å². The van der Waals surface area contributed by atoms with Crippen molar-refractivity contribution in [3.8, 4) is 67.5 Å². The van der Waals surface area contributed by atoms with Crippen molar-refractivity contribution in [2.24, 2.45) is 0 Å². The minimum Gasteiger partial charge on any atom is -0.456 e. The fraction of sp³-hybridized carbons (Fsp3) is 0. The van der Waals surface area contributed by atoms with Gasteiger partial charge in [0.1, 0.15) is 16.9 Å². The largest absolute Gasteiger partial charge is 0.456 e. The highest BCUT2D eigenvalue weighted by atomic mass is 16.3. The molecule has 0 aliphatic heterocycles. The first-order chi connectivity index (χ1) is 27.7. The number of rotatable bonds is 6. The second-order valence-electron chi connectivity index (χ2n) is 14.1. The Kier molecular flexibility index (Phi) is 7.42. The van der Waals surface area contributed by atoms with Gasteiger partial charge < -0.3 is 4.42 Å². The van der Waals surface area contributed by atoms with Crippen LogP contribution in [-0.4, -0.2) is 19.6 Å². The molecule has 0 radical (unpaired) electrons. The molecule has 0 saturated heterocycles. The SMILES string of the molecule is c1ccc(-c2nc(-c3cccc(-c4c(-c5ccccc5)nn5c(-c6ccccc6)cc6ccccc6c45)c3)cc(-c3ccc4c(c3)oc3ccccc34)n2)cc1. The lowest BCUT2D eigenvalue weighted by atomic mass is 9.95. The lowest BCUT2D eigenvalue weighted by molar-refractivity contribution is 0.669. The molecule has 0 unspecified atom stereocenters. The number of hydrogen-bond donors (Lipinski definition) is 0. The summed E-state index contributed by atoms with van der Waals surface area (Å²) >= 11 is 0. The van der Waals surface area contributed by atoms with Gasteiger partial charge in [0.05, 0.1) is 22.6 Å². The fourth-order valence-electron chi connectivity index (χ4n) is 7.95. The van der Waals surface area contributed by atoms with Gasteiger partial charge in [0, 0.05) is 49.5 Å². The molecule has 7 aromatic carbocycles. The van der Waals surface area contributed by atoms with Crippen LogP contribution in [0.25, 0.3) is 106 Å². The molecule has 56 heavy (non-hydrogen) atoms. The molecule has 5 heteroatoms. The standard InChI is InChI=1S/C51H32N4O/c1-4-15-33(16-5-1)45-30-36-21-10-11-24-40(36)50-48(49(54-55(45)50)34-17-6-2-7-18-34)39-23-14-22-37(29-39)43-32-44(53-51(52-43)35-19-8-3-9-20-35)38-27-28-42-41-25-12-13-26-46(41)56-47(42)31-38/h1-32H. The lowest BCUT2D eigenvalue weighted by Crippen LogP contribution is -1.96.